The van der Waals surface area contributed by atoms with Crippen molar-refractivity contribution in [3.8, 4) is 0 Å². The van der Waals surface area contributed by atoms with Crippen molar-refractivity contribution in [2.24, 2.45) is 0 Å². The minimum atomic E-state index is -3.52. The maximum Gasteiger partial charge on any atom is 0.246 e. The number of hydrogen-bond acceptors (Lipinski definition) is 3. The topological polar surface area (TPSA) is 57.7 Å². The molecular formula is C20H21BrN2O3S. The summed E-state index contributed by atoms with van der Waals surface area (Å²) in [5.41, 5.74) is 1.94. The van der Waals surface area contributed by atoms with E-state index < -0.39 is 10.0 Å². The lowest BCUT2D eigenvalue weighted by Gasteiger charge is -2.33. The molecular weight excluding hydrogens is 428 g/mol. The van der Waals surface area contributed by atoms with Gasteiger partial charge in [-0.3, -0.25) is 4.79 Å². The van der Waals surface area contributed by atoms with Gasteiger partial charge >= 0.3 is 0 Å². The molecule has 0 aromatic heterocycles. The van der Waals surface area contributed by atoms with Crippen LogP contribution in [-0.2, 0) is 14.8 Å². The average molecular weight is 449 g/mol. The zero-order chi connectivity index (χ0) is 19.4. The minimum Gasteiger partial charge on any atom is -0.337 e. The number of halogens is 1. The van der Waals surface area contributed by atoms with Crippen LogP contribution in [0.2, 0.25) is 0 Å². The highest BCUT2D eigenvalue weighted by Crippen LogP contribution is 2.18. The zero-order valence-electron chi connectivity index (χ0n) is 15.0. The fourth-order valence-corrected chi connectivity index (χ4v) is 4.73. The van der Waals surface area contributed by atoms with Gasteiger partial charge < -0.3 is 4.90 Å². The van der Waals surface area contributed by atoms with E-state index in [9.17, 15) is 13.2 Å². The predicted molar refractivity (Wildman–Crippen MR) is 110 cm³/mol. The van der Waals surface area contributed by atoms with Gasteiger partial charge in [-0.1, -0.05) is 45.8 Å². The van der Waals surface area contributed by atoms with Crippen LogP contribution >= 0.6 is 15.9 Å². The fourth-order valence-electron chi connectivity index (χ4n) is 2.89. The summed E-state index contributed by atoms with van der Waals surface area (Å²) < 4.78 is 27.8. The van der Waals surface area contributed by atoms with Crippen LogP contribution in [0.25, 0.3) is 6.08 Å². The van der Waals surface area contributed by atoms with Crippen LogP contribution in [0.5, 0.6) is 0 Å². The first-order valence-electron chi connectivity index (χ1n) is 8.66. The normalized spacial score (nSPS) is 16.0. The molecule has 0 N–H and O–H groups in total. The Morgan fingerprint density at radius 2 is 1.70 bits per heavy atom. The number of rotatable bonds is 4. The summed E-state index contributed by atoms with van der Waals surface area (Å²) in [5, 5.41) is 0. The third-order valence-electron chi connectivity index (χ3n) is 4.48. The molecule has 1 aliphatic rings. The van der Waals surface area contributed by atoms with Crippen molar-refractivity contribution < 1.29 is 13.2 Å². The van der Waals surface area contributed by atoms with Gasteiger partial charge in [0.05, 0.1) is 4.90 Å². The monoisotopic (exact) mass is 448 g/mol. The number of aryl methyl sites for hydroxylation is 1. The summed E-state index contributed by atoms with van der Waals surface area (Å²) in [6.45, 7) is 3.28. The number of hydrogen-bond donors (Lipinski definition) is 0. The molecule has 3 rings (SSSR count). The van der Waals surface area contributed by atoms with Gasteiger partial charge in [0.2, 0.25) is 15.9 Å². The first kappa shape index (κ1) is 19.8. The standard InChI is InChI=1S/C20H21BrN2O3S/c1-16-5-8-19(9-6-16)27(25,26)23-13-11-22(12-14-23)20(24)10-7-17-3-2-4-18(21)15-17/h2-10,15H,11-14H2,1H3. The van der Waals surface area contributed by atoms with E-state index in [1.54, 1.807) is 35.2 Å². The summed E-state index contributed by atoms with van der Waals surface area (Å²) in [5.74, 6) is -0.109. The zero-order valence-corrected chi connectivity index (χ0v) is 17.4. The maximum absolute atomic E-state index is 12.7. The largest absolute Gasteiger partial charge is 0.337 e. The van der Waals surface area contributed by atoms with Crippen LogP contribution in [0.3, 0.4) is 0 Å². The van der Waals surface area contributed by atoms with Gasteiger partial charge in [0.25, 0.3) is 0 Å². The molecule has 0 unspecified atom stereocenters. The average Bonchev–Trinajstić information content (AvgIpc) is 2.66. The van der Waals surface area contributed by atoms with E-state index in [4.69, 9.17) is 0 Å². The third kappa shape index (κ3) is 4.86. The lowest BCUT2D eigenvalue weighted by Crippen LogP contribution is -2.50. The van der Waals surface area contributed by atoms with Crippen LogP contribution in [0, 0.1) is 6.92 Å². The molecule has 1 fully saturated rings. The quantitative estimate of drug-likeness (QED) is 0.674. The molecule has 2 aromatic carbocycles. The highest BCUT2D eigenvalue weighted by atomic mass is 79.9. The molecule has 0 saturated carbocycles. The highest BCUT2D eigenvalue weighted by molar-refractivity contribution is 9.10. The smallest absolute Gasteiger partial charge is 0.246 e. The predicted octanol–water partition coefficient (Wildman–Crippen LogP) is 3.30. The summed E-state index contributed by atoms with van der Waals surface area (Å²) in [6, 6.07) is 14.5. The number of carbonyl (C=O) groups is 1. The number of carbonyl (C=O) groups excluding carboxylic acids is 1. The molecule has 0 spiro atoms. The van der Waals surface area contributed by atoms with E-state index in [2.05, 4.69) is 15.9 Å². The van der Waals surface area contributed by atoms with Crippen molar-refractivity contribution >= 4 is 37.9 Å². The first-order chi connectivity index (χ1) is 12.9. The van der Waals surface area contributed by atoms with Crippen molar-refractivity contribution in [3.05, 3.63) is 70.2 Å². The van der Waals surface area contributed by atoms with E-state index in [-0.39, 0.29) is 5.91 Å². The van der Waals surface area contributed by atoms with Gasteiger partial charge in [0.15, 0.2) is 0 Å². The molecule has 27 heavy (non-hydrogen) atoms. The van der Waals surface area contributed by atoms with Crippen molar-refractivity contribution in [1.82, 2.24) is 9.21 Å². The SMILES string of the molecule is Cc1ccc(S(=O)(=O)N2CCN(C(=O)C=Cc3cccc(Br)c3)CC2)cc1. The van der Waals surface area contributed by atoms with Gasteiger partial charge in [0, 0.05) is 36.7 Å². The first-order valence-corrected chi connectivity index (χ1v) is 10.9. The number of sulfonamides is 1. The molecule has 1 heterocycles. The number of nitrogens with zero attached hydrogens (tertiary/aromatic N) is 2. The van der Waals surface area contributed by atoms with E-state index in [1.165, 1.54) is 10.4 Å². The Morgan fingerprint density at radius 3 is 2.33 bits per heavy atom. The van der Waals surface area contributed by atoms with Gasteiger partial charge in [0.1, 0.15) is 0 Å². The molecule has 0 atom stereocenters. The Balaban J connectivity index is 1.61. The molecule has 142 valence electrons. The molecule has 1 aliphatic heterocycles. The Bertz CT molecular complexity index is 947. The van der Waals surface area contributed by atoms with Crippen molar-refractivity contribution in [1.29, 1.82) is 0 Å². The van der Waals surface area contributed by atoms with Crippen molar-refractivity contribution in [2.45, 2.75) is 11.8 Å². The van der Waals surface area contributed by atoms with Gasteiger partial charge in [-0.2, -0.15) is 4.31 Å². The van der Waals surface area contributed by atoms with Crippen LogP contribution in [-0.4, -0.2) is 49.7 Å². The molecule has 1 saturated heterocycles. The molecule has 5 nitrogen and oxygen atoms in total. The number of benzene rings is 2. The Hall–Kier alpha value is -1.96. The second-order valence-electron chi connectivity index (χ2n) is 6.43. The fraction of sp³-hybridized carbons (Fsp3) is 0.250. The lowest BCUT2D eigenvalue weighted by molar-refractivity contribution is -0.127. The summed E-state index contributed by atoms with van der Waals surface area (Å²) >= 11 is 3.40. The van der Waals surface area contributed by atoms with E-state index in [0.29, 0.717) is 31.1 Å². The minimum absolute atomic E-state index is 0.109. The second-order valence-corrected chi connectivity index (χ2v) is 9.28. The molecule has 1 amide bonds. The van der Waals surface area contributed by atoms with Gasteiger partial charge in [-0.05, 0) is 42.8 Å². The maximum atomic E-state index is 12.7. The van der Waals surface area contributed by atoms with Crippen LogP contribution in [0.4, 0.5) is 0 Å². The molecule has 0 bridgehead atoms. The third-order valence-corrected chi connectivity index (χ3v) is 6.88. The van der Waals surface area contributed by atoms with E-state index in [1.807, 2.05) is 31.2 Å². The van der Waals surface area contributed by atoms with E-state index in [0.717, 1.165) is 15.6 Å². The molecule has 7 heteroatoms. The second kappa shape index (κ2) is 8.37. The summed E-state index contributed by atoms with van der Waals surface area (Å²) in [7, 11) is -3.52. The van der Waals surface area contributed by atoms with E-state index >= 15 is 0 Å². The molecule has 0 aliphatic carbocycles. The Labute approximate surface area is 168 Å². The summed E-state index contributed by atoms with van der Waals surface area (Å²) in [4.78, 5) is 14.3. The molecule has 2 aromatic rings. The Kier molecular flexibility index (Phi) is 6.14. The molecule has 0 radical (unpaired) electrons. The Morgan fingerprint density at radius 1 is 1.04 bits per heavy atom. The van der Waals surface area contributed by atoms with Crippen molar-refractivity contribution in [2.75, 3.05) is 26.2 Å². The van der Waals surface area contributed by atoms with Gasteiger partial charge in [-0.15, -0.1) is 0 Å². The number of amides is 1. The summed E-state index contributed by atoms with van der Waals surface area (Å²) in [6.07, 6.45) is 3.30. The highest BCUT2D eigenvalue weighted by Gasteiger charge is 2.29. The lowest BCUT2D eigenvalue weighted by atomic mass is 10.2. The van der Waals surface area contributed by atoms with Gasteiger partial charge in [-0.25, -0.2) is 8.42 Å². The van der Waals surface area contributed by atoms with Crippen LogP contribution < -0.4 is 0 Å². The number of piperazine rings is 1. The van der Waals surface area contributed by atoms with Crippen LogP contribution in [0.15, 0.2) is 64.0 Å². The van der Waals surface area contributed by atoms with Crippen molar-refractivity contribution in [3.63, 3.8) is 0 Å². The van der Waals surface area contributed by atoms with Crippen LogP contribution in [0.1, 0.15) is 11.1 Å².